The summed E-state index contributed by atoms with van der Waals surface area (Å²) in [6, 6.07) is 5.67. The quantitative estimate of drug-likeness (QED) is 0.638. The van der Waals surface area contributed by atoms with Gasteiger partial charge in [0, 0.05) is 19.1 Å². The highest BCUT2D eigenvalue weighted by Crippen LogP contribution is 2.38. The fraction of sp³-hybridized carbons (Fsp3) is 0.571. The Balaban J connectivity index is 2.30. The van der Waals surface area contributed by atoms with Crippen molar-refractivity contribution in [1.82, 2.24) is 5.32 Å². The van der Waals surface area contributed by atoms with Crippen LogP contribution in [0.4, 0.5) is 11.4 Å². The van der Waals surface area contributed by atoms with Crippen LogP contribution in [0.2, 0.25) is 0 Å². The molecule has 1 aromatic rings. The summed E-state index contributed by atoms with van der Waals surface area (Å²) in [7, 11) is 1.92. The molecule has 0 radical (unpaired) electrons. The molecule has 1 unspecified atom stereocenters. The van der Waals surface area contributed by atoms with Gasteiger partial charge in [-0.2, -0.15) is 0 Å². The van der Waals surface area contributed by atoms with Crippen LogP contribution < -0.4 is 15.0 Å². The molecule has 1 N–H and O–H groups in total. The summed E-state index contributed by atoms with van der Waals surface area (Å²) in [4.78, 5) is 13.1. The van der Waals surface area contributed by atoms with Gasteiger partial charge in [-0.3, -0.25) is 10.1 Å². The highest BCUT2D eigenvalue weighted by Gasteiger charge is 2.29. The van der Waals surface area contributed by atoms with E-state index in [1.807, 2.05) is 20.0 Å². The Labute approximate surface area is 118 Å². The SMILES string of the molecule is CCCOc1cccc(N2CCC(NC)C2)c1[N+](=O)[O-]. The van der Waals surface area contributed by atoms with Crippen molar-refractivity contribution in [2.24, 2.45) is 0 Å². The molecule has 0 amide bonds. The Hall–Kier alpha value is -1.82. The van der Waals surface area contributed by atoms with Crippen LogP contribution in [0.15, 0.2) is 18.2 Å². The van der Waals surface area contributed by atoms with E-state index in [0.29, 0.717) is 24.1 Å². The Morgan fingerprint density at radius 3 is 2.95 bits per heavy atom. The van der Waals surface area contributed by atoms with Crippen molar-refractivity contribution in [3.05, 3.63) is 28.3 Å². The largest absolute Gasteiger partial charge is 0.487 e. The predicted molar refractivity (Wildman–Crippen MR) is 78.6 cm³/mol. The third-order valence-electron chi connectivity index (χ3n) is 3.56. The second-order valence-corrected chi connectivity index (χ2v) is 4.95. The van der Waals surface area contributed by atoms with Crippen molar-refractivity contribution in [1.29, 1.82) is 0 Å². The number of benzene rings is 1. The molecule has 1 heterocycles. The maximum absolute atomic E-state index is 11.4. The molecule has 2 rings (SSSR count). The van der Waals surface area contributed by atoms with Crippen LogP contribution >= 0.6 is 0 Å². The number of nitrogens with zero attached hydrogens (tertiary/aromatic N) is 2. The van der Waals surface area contributed by atoms with Crippen molar-refractivity contribution in [2.45, 2.75) is 25.8 Å². The van der Waals surface area contributed by atoms with Crippen LogP contribution in [0, 0.1) is 10.1 Å². The van der Waals surface area contributed by atoms with Gasteiger partial charge in [-0.15, -0.1) is 0 Å². The van der Waals surface area contributed by atoms with Crippen LogP contribution in [0.3, 0.4) is 0 Å². The monoisotopic (exact) mass is 279 g/mol. The third-order valence-corrected chi connectivity index (χ3v) is 3.56. The van der Waals surface area contributed by atoms with E-state index in [0.717, 1.165) is 25.9 Å². The minimum Gasteiger partial charge on any atom is -0.487 e. The summed E-state index contributed by atoms with van der Waals surface area (Å²) >= 11 is 0. The number of rotatable bonds is 6. The second-order valence-electron chi connectivity index (χ2n) is 4.95. The first-order valence-corrected chi connectivity index (χ1v) is 6.99. The number of ether oxygens (including phenoxy) is 1. The summed E-state index contributed by atoms with van der Waals surface area (Å²) in [6.07, 6.45) is 1.82. The van der Waals surface area contributed by atoms with Crippen molar-refractivity contribution < 1.29 is 9.66 Å². The van der Waals surface area contributed by atoms with Crippen LogP contribution in [0.25, 0.3) is 0 Å². The van der Waals surface area contributed by atoms with Gasteiger partial charge in [-0.05, 0) is 32.0 Å². The van der Waals surface area contributed by atoms with Gasteiger partial charge in [-0.25, -0.2) is 0 Å². The first kappa shape index (κ1) is 14.6. The summed E-state index contributed by atoms with van der Waals surface area (Å²) < 4.78 is 5.52. The Kier molecular flexibility index (Phi) is 4.79. The average molecular weight is 279 g/mol. The molecule has 1 aromatic carbocycles. The van der Waals surface area contributed by atoms with E-state index in [9.17, 15) is 10.1 Å². The molecule has 0 aliphatic carbocycles. The van der Waals surface area contributed by atoms with E-state index in [1.54, 1.807) is 12.1 Å². The maximum atomic E-state index is 11.4. The van der Waals surface area contributed by atoms with Gasteiger partial charge in [0.05, 0.1) is 11.5 Å². The minimum atomic E-state index is -0.340. The average Bonchev–Trinajstić information content (AvgIpc) is 2.93. The van der Waals surface area contributed by atoms with Crippen molar-refractivity contribution in [2.75, 3.05) is 31.6 Å². The van der Waals surface area contributed by atoms with Crippen LogP contribution in [-0.4, -0.2) is 37.7 Å². The van der Waals surface area contributed by atoms with Gasteiger partial charge < -0.3 is 15.0 Å². The molecule has 1 saturated heterocycles. The zero-order valence-electron chi connectivity index (χ0n) is 12.0. The topological polar surface area (TPSA) is 67.6 Å². The lowest BCUT2D eigenvalue weighted by Gasteiger charge is -2.19. The fourth-order valence-corrected chi connectivity index (χ4v) is 2.49. The molecule has 1 fully saturated rings. The molecule has 1 aliphatic heterocycles. The molecule has 0 saturated carbocycles. The molecular formula is C14H21N3O3. The zero-order chi connectivity index (χ0) is 14.5. The number of nitrogens with one attached hydrogen (secondary N) is 1. The van der Waals surface area contributed by atoms with Crippen LogP contribution in [0.1, 0.15) is 19.8 Å². The van der Waals surface area contributed by atoms with Crippen LogP contribution in [0.5, 0.6) is 5.75 Å². The number of para-hydroxylation sites is 1. The Morgan fingerprint density at radius 2 is 2.35 bits per heavy atom. The standard InChI is InChI=1S/C14H21N3O3/c1-3-9-20-13-6-4-5-12(14(13)17(18)19)16-8-7-11(10-16)15-2/h4-6,11,15H,3,7-10H2,1-2H3. The number of hydrogen-bond acceptors (Lipinski definition) is 5. The molecule has 1 atom stereocenters. The molecule has 0 bridgehead atoms. The molecule has 1 aliphatic rings. The molecule has 0 spiro atoms. The van der Waals surface area contributed by atoms with Crippen LogP contribution in [-0.2, 0) is 0 Å². The fourth-order valence-electron chi connectivity index (χ4n) is 2.49. The first-order valence-electron chi connectivity index (χ1n) is 6.99. The Morgan fingerprint density at radius 1 is 1.55 bits per heavy atom. The summed E-state index contributed by atoms with van der Waals surface area (Å²) in [6.45, 7) is 4.08. The van der Waals surface area contributed by atoms with Gasteiger partial charge in [0.2, 0.25) is 0 Å². The van der Waals surface area contributed by atoms with Gasteiger partial charge >= 0.3 is 5.69 Å². The summed E-state index contributed by atoms with van der Waals surface area (Å²) in [5.74, 6) is 0.363. The lowest BCUT2D eigenvalue weighted by molar-refractivity contribution is -0.385. The van der Waals surface area contributed by atoms with Gasteiger partial charge in [0.15, 0.2) is 5.75 Å². The lowest BCUT2D eigenvalue weighted by Crippen LogP contribution is -2.29. The van der Waals surface area contributed by atoms with Gasteiger partial charge in [0.1, 0.15) is 5.69 Å². The number of anilines is 1. The second kappa shape index (κ2) is 6.56. The number of likely N-dealkylation sites (N-methyl/N-ethyl adjacent to an activating group) is 1. The molecular weight excluding hydrogens is 258 g/mol. The highest BCUT2D eigenvalue weighted by molar-refractivity contribution is 5.70. The van der Waals surface area contributed by atoms with Gasteiger partial charge in [0.25, 0.3) is 0 Å². The van der Waals surface area contributed by atoms with E-state index in [2.05, 4.69) is 10.2 Å². The van der Waals surface area contributed by atoms with E-state index in [-0.39, 0.29) is 10.6 Å². The van der Waals surface area contributed by atoms with E-state index in [4.69, 9.17) is 4.74 Å². The molecule has 6 nitrogen and oxygen atoms in total. The normalized spacial score (nSPS) is 18.3. The van der Waals surface area contributed by atoms with E-state index >= 15 is 0 Å². The smallest absolute Gasteiger partial charge is 0.333 e. The lowest BCUT2D eigenvalue weighted by atomic mass is 10.2. The number of nitro benzene ring substituents is 1. The van der Waals surface area contributed by atoms with Crippen molar-refractivity contribution >= 4 is 11.4 Å². The van der Waals surface area contributed by atoms with Gasteiger partial charge in [-0.1, -0.05) is 13.0 Å². The molecule has 0 aromatic heterocycles. The minimum absolute atomic E-state index is 0.0812. The third kappa shape index (κ3) is 3.01. The predicted octanol–water partition coefficient (Wildman–Crippen LogP) is 2.18. The van der Waals surface area contributed by atoms with E-state index < -0.39 is 0 Å². The summed E-state index contributed by atoms with van der Waals surface area (Å²) in [5, 5.41) is 14.6. The maximum Gasteiger partial charge on any atom is 0.333 e. The zero-order valence-corrected chi connectivity index (χ0v) is 12.0. The first-order chi connectivity index (χ1) is 9.67. The Bertz CT molecular complexity index is 479. The van der Waals surface area contributed by atoms with Crippen molar-refractivity contribution in [3.8, 4) is 5.75 Å². The molecule has 20 heavy (non-hydrogen) atoms. The number of hydrogen-bond donors (Lipinski definition) is 1. The molecule has 110 valence electrons. The molecule has 6 heteroatoms. The number of nitro groups is 1. The van der Waals surface area contributed by atoms with E-state index in [1.165, 1.54) is 0 Å². The van der Waals surface area contributed by atoms with Crippen molar-refractivity contribution in [3.63, 3.8) is 0 Å². The highest BCUT2D eigenvalue weighted by atomic mass is 16.6. The summed E-state index contributed by atoms with van der Waals surface area (Å²) in [5.41, 5.74) is 0.735.